The van der Waals surface area contributed by atoms with Crippen LogP contribution in [0.4, 0.5) is 0 Å². The number of nitrogens with zero attached hydrogens (tertiary/aromatic N) is 1. The summed E-state index contributed by atoms with van der Waals surface area (Å²) in [7, 11) is 0. The molecule has 0 atom stereocenters. The summed E-state index contributed by atoms with van der Waals surface area (Å²) in [6, 6.07) is 0. The molecule has 0 saturated heterocycles. The lowest BCUT2D eigenvalue weighted by molar-refractivity contribution is -0.131. The fourth-order valence-corrected chi connectivity index (χ4v) is 2.66. The van der Waals surface area contributed by atoms with Crippen LogP contribution >= 0.6 is 0 Å². The standard InChI is InChI=1S/C13H25N3O2/c1-2-13(8-4-5-9-13)12(17)15-10-6-3-7-11(14)16-18/h18H,2-10H2,1H3,(H2,14,16)(H,15,17). The molecule has 5 nitrogen and oxygen atoms in total. The van der Waals surface area contributed by atoms with Crippen LogP contribution in [-0.2, 0) is 4.79 Å². The summed E-state index contributed by atoms with van der Waals surface area (Å²) in [6.07, 6.45) is 7.60. The van der Waals surface area contributed by atoms with E-state index in [1.807, 2.05) is 0 Å². The molecule has 0 aromatic heterocycles. The number of hydrogen-bond acceptors (Lipinski definition) is 3. The maximum atomic E-state index is 12.2. The molecule has 0 unspecified atom stereocenters. The number of unbranched alkanes of at least 4 members (excludes halogenated alkanes) is 1. The second kappa shape index (κ2) is 7.24. The largest absolute Gasteiger partial charge is 0.409 e. The molecule has 0 radical (unpaired) electrons. The maximum absolute atomic E-state index is 12.2. The van der Waals surface area contributed by atoms with Gasteiger partial charge in [-0.1, -0.05) is 24.9 Å². The second-order valence-electron chi connectivity index (χ2n) is 5.15. The van der Waals surface area contributed by atoms with Gasteiger partial charge < -0.3 is 16.3 Å². The highest BCUT2D eigenvalue weighted by molar-refractivity contribution is 5.82. The van der Waals surface area contributed by atoms with Crippen LogP contribution < -0.4 is 11.1 Å². The van der Waals surface area contributed by atoms with E-state index in [0.29, 0.717) is 13.0 Å². The minimum Gasteiger partial charge on any atom is -0.409 e. The minimum atomic E-state index is -0.106. The Labute approximate surface area is 109 Å². The lowest BCUT2D eigenvalue weighted by atomic mass is 9.82. The third-order valence-corrected chi connectivity index (χ3v) is 3.99. The number of amidine groups is 1. The average molecular weight is 255 g/mol. The minimum absolute atomic E-state index is 0.106. The number of amides is 1. The fourth-order valence-electron chi connectivity index (χ4n) is 2.66. The van der Waals surface area contributed by atoms with Crippen LogP contribution in [0.25, 0.3) is 0 Å². The predicted octanol–water partition coefficient (Wildman–Crippen LogP) is 1.99. The third kappa shape index (κ3) is 3.89. The van der Waals surface area contributed by atoms with E-state index in [2.05, 4.69) is 17.4 Å². The Bertz CT molecular complexity index is 297. The van der Waals surface area contributed by atoms with Crippen molar-refractivity contribution in [2.75, 3.05) is 6.54 Å². The van der Waals surface area contributed by atoms with Crippen molar-refractivity contribution in [1.29, 1.82) is 0 Å². The van der Waals surface area contributed by atoms with Crippen molar-refractivity contribution in [3.05, 3.63) is 0 Å². The summed E-state index contributed by atoms with van der Waals surface area (Å²) >= 11 is 0. The van der Waals surface area contributed by atoms with E-state index >= 15 is 0 Å². The van der Waals surface area contributed by atoms with E-state index in [4.69, 9.17) is 10.9 Å². The van der Waals surface area contributed by atoms with Crippen molar-refractivity contribution in [3.8, 4) is 0 Å². The number of carbonyl (C=O) groups is 1. The highest BCUT2D eigenvalue weighted by Gasteiger charge is 2.38. The van der Waals surface area contributed by atoms with Gasteiger partial charge in [-0.3, -0.25) is 4.79 Å². The molecule has 1 rings (SSSR count). The molecular formula is C13H25N3O2. The van der Waals surface area contributed by atoms with Crippen molar-refractivity contribution < 1.29 is 10.0 Å². The lowest BCUT2D eigenvalue weighted by Gasteiger charge is -2.25. The van der Waals surface area contributed by atoms with Crippen molar-refractivity contribution in [3.63, 3.8) is 0 Å². The number of oxime groups is 1. The van der Waals surface area contributed by atoms with Crippen molar-refractivity contribution in [1.82, 2.24) is 5.32 Å². The SMILES string of the molecule is CCC1(C(=O)NCCCCC(N)=NO)CCCC1. The molecular weight excluding hydrogens is 230 g/mol. The van der Waals surface area contributed by atoms with Gasteiger partial charge in [0.15, 0.2) is 0 Å². The Kier molecular flexibility index (Phi) is 5.95. The molecule has 1 aliphatic carbocycles. The first-order valence-corrected chi connectivity index (χ1v) is 6.89. The first-order valence-electron chi connectivity index (χ1n) is 6.89. The molecule has 0 spiro atoms. The van der Waals surface area contributed by atoms with Gasteiger partial charge in [0.05, 0.1) is 0 Å². The van der Waals surface area contributed by atoms with Gasteiger partial charge in [0, 0.05) is 18.4 Å². The smallest absolute Gasteiger partial charge is 0.226 e. The van der Waals surface area contributed by atoms with Gasteiger partial charge in [-0.05, 0) is 32.1 Å². The molecule has 0 aromatic rings. The van der Waals surface area contributed by atoms with E-state index < -0.39 is 0 Å². The molecule has 18 heavy (non-hydrogen) atoms. The summed E-state index contributed by atoms with van der Waals surface area (Å²) in [5, 5.41) is 14.3. The Hall–Kier alpha value is -1.26. The van der Waals surface area contributed by atoms with Crippen LogP contribution in [0.1, 0.15) is 58.3 Å². The Balaban J connectivity index is 2.20. The molecule has 1 fully saturated rings. The van der Waals surface area contributed by atoms with E-state index in [9.17, 15) is 4.79 Å². The van der Waals surface area contributed by atoms with E-state index in [1.54, 1.807) is 0 Å². The Morgan fingerprint density at radius 3 is 2.61 bits per heavy atom. The van der Waals surface area contributed by atoms with Crippen LogP contribution in [0.5, 0.6) is 0 Å². The number of nitrogens with one attached hydrogen (secondary N) is 1. The van der Waals surface area contributed by atoms with Crippen LogP contribution in [0.2, 0.25) is 0 Å². The molecule has 1 saturated carbocycles. The van der Waals surface area contributed by atoms with Gasteiger partial charge in [0.1, 0.15) is 5.84 Å². The van der Waals surface area contributed by atoms with E-state index in [0.717, 1.165) is 32.1 Å². The topological polar surface area (TPSA) is 87.7 Å². The average Bonchev–Trinajstić information content (AvgIpc) is 2.87. The van der Waals surface area contributed by atoms with Crippen LogP contribution in [0.3, 0.4) is 0 Å². The molecule has 104 valence electrons. The number of carbonyl (C=O) groups excluding carboxylic acids is 1. The third-order valence-electron chi connectivity index (χ3n) is 3.99. The zero-order chi connectivity index (χ0) is 13.4. The van der Waals surface area contributed by atoms with Gasteiger partial charge in [-0.2, -0.15) is 0 Å². The molecule has 0 bridgehead atoms. The molecule has 1 amide bonds. The number of rotatable bonds is 7. The monoisotopic (exact) mass is 255 g/mol. The van der Waals surface area contributed by atoms with Crippen LogP contribution in [-0.4, -0.2) is 23.5 Å². The highest BCUT2D eigenvalue weighted by atomic mass is 16.4. The Morgan fingerprint density at radius 2 is 2.06 bits per heavy atom. The molecule has 0 aliphatic heterocycles. The lowest BCUT2D eigenvalue weighted by Crippen LogP contribution is -2.39. The summed E-state index contributed by atoms with van der Waals surface area (Å²) in [6.45, 7) is 2.78. The summed E-state index contributed by atoms with van der Waals surface area (Å²) in [5.41, 5.74) is 5.26. The van der Waals surface area contributed by atoms with Gasteiger partial charge in [0.25, 0.3) is 0 Å². The van der Waals surface area contributed by atoms with E-state index in [-0.39, 0.29) is 17.2 Å². The second-order valence-corrected chi connectivity index (χ2v) is 5.15. The van der Waals surface area contributed by atoms with Gasteiger partial charge in [0.2, 0.25) is 5.91 Å². The van der Waals surface area contributed by atoms with Crippen molar-refractivity contribution >= 4 is 11.7 Å². The van der Waals surface area contributed by atoms with E-state index in [1.165, 1.54) is 12.8 Å². The number of hydrogen-bond donors (Lipinski definition) is 3. The van der Waals surface area contributed by atoms with Gasteiger partial charge in [-0.25, -0.2) is 0 Å². The summed E-state index contributed by atoms with van der Waals surface area (Å²) in [5.74, 6) is 0.466. The summed E-state index contributed by atoms with van der Waals surface area (Å²) in [4.78, 5) is 12.2. The molecule has 5 heteroatoms. The molecule has 0 heterocycles. The Morgan fingerprint density at radius 1 is 1.39 bits per heavy atom. The normalized spacial score (nSPS) is 18.8. The number of nitrogens with two attached hydrogens (primary N) is 1. The van der Waals surface area contributed by atoms with Crippen molar-refractivity contribution in [2.45, 2.75) is 58.3 Å². The summed E-state index contributed by atoms with van der Waals surface area (Å²) < 4.78 is 0. The molecule has 4 N–H and O–H groups in total. The van der Waals surface area contributed by atoms with Gasteiger partial charge >= 0.3 is 0 Å². The highest BCUT2D eigenvalue weighted by Crippen LogP contribution is 2.40. The zero-order valence-electron chi connectivity index (χ0n) is 11.2. The first kappa shape index (κ1) is 14.8. The predicted molar refractivity (Wildman–Crippen MR) is 71.5 cm³/mol. The van der Waals surface area contributed by atoms with Crippen LogP contribution in [0.15, 0.2) is 5.16 Å². The molecule has 1 aliphatic rings. The quantitative estimate of drug-likeness (QED) is 0.214. The maximum Gasteiger partial charge on any atom is 0.226 e. The van der Waals surface area contributed by atoms with Crippen LogP contribution in [0, 0.1) is 5.41 Å². The molecule has 0 aromatic carbocycles. The fraction of sp³-hybridized carbons (Fsp3) is 0.846. The first-order chi connectivity index (χ1) is 8.64. The van der Waals surface area contributed by atoms with Gasteiger partial charge in [-0.15, -0.1) is 0 Å². The zero-order valence-corrected chi connectivity index (χ0v) is 11.2. The van der Waals surface area contributed by atoms with Crippen molar-refractivity contribution in [2.24, 2.45) is 16.3 Å².